The zero-order valence-electron chi connectivity index (χ0n) is 19.3. The first-order valence-electron chi connectivity index (χ1n) is 11.5. The molecule has 2 aromatic carbocycles. The number of aliphatic hydroxyl groups is 1. The standard InChI is InChI=1S/C26H25N5O4S/c32-14-17-3-5-18(6-4-17)23-12-22(15-36-26-28-16-29-31-26)34-25(35-23)19-7-9-21(10-8-19)30-24(33)20-2-1-11-27-13-20/h1-11,13,16,22-23,25,32H,12,14-15H2,(H,30,33)(H,28,29,31)/t22-,23+,25+/m1/s1. The van der Waals surface area contributed by atoms with Crippen LogP contribution in [0.3, 0.4) is 0 Å². The quantitative estimate of drug-likeness (QED) is 0.305. The van der Waals surface area contributed by atoms with Crippen molar-refractivity contribution in [2.75, 3.05) is 11.1 Å². The number of anilines is 1. The fourth-order valence-corrected chi connectivity index (χ4v) is 4.68. The van der Waals surface area contributed by atoms with E-state index in [0.717, 1.165) is 21.8 Å². The van der Waals surface area contributed by atoms with Crippen molar-refractivity contribution in [1.29, 1.82) is 0 Å². The van der Waals surface area contributed by atoms with E-state index in [4.69, 9.17) is 9.47 Å². The number of nitrogens with one attached hydrogen (secondary N) is 2. The molecule has 3 atom stereocenters. The van der Waals surface area contributed by atoms with Gasteiger partial charge >= 0.3 is 0 Å². The van der Waals surface area contributed by atoms with Gasteiger partial charge in [0.25, 0.3) is 5.91 Å². The summed E-state index contributed by atoms with van der Waals surface area (Å²) in [5.74, 6) is 0.455. The topological polar surface area (TPSA) is 122 Å². The Bertz CT molecular complexity index is 1250. The van der Waals surface area contributed by atoms with Crippen LogP contribution in [0.15, 0.2) is 84.5 Å². The van der Waals surface area contributed by atoms with Crippen molar-refractivity contribution in [2.24, 2.45) is 0 Å². The summed E-state index contributed by atoms with van der Waals surface area (Å²) in [5.41, 5.74) is 3.87. The lowest BCUT2D eigenvalue weighted by atomic mass is 10.0. The van der Waals surface area contributed by atoms with Crippen LogP contribution in [0, 0.1) is 0 Å². The molecule has 0 saturated carbocycles. The fourth-order valence-electron chi connectivity index (χ4n) is 3.88. The zero-order chi connectivity index (χ0) is 24.7. The van der Waals surface area contributed by atoms with Crippen LogP contribution in [-0.2, 0) is 16.1 Å². The summed E-state index contributed by atoms with van der Waals surface area (Å²) in [6.45, 7) is -0.00232. The number of ether oxygens (including phenoxy) is 2. The van der Waals surface area contributed by atoms with E-state index in [-0.39, 0.29) is 24.7 Å². The van der Waals surface area contributed by atoms with Gasteiger partial charge in [0.2, 0.25) is 0 Å². The van der Waals surface area contributed by atoms with Crippen molar-refractivity contribution >= 4 is 23.4 Å². The monoisotopic (exact) mass is 503 g/mol. The number of hydrogen-bond acceptors (Lipinski definition) is 8. The minimum absolute atomic E-state index is 0.00232. The average Bonchev–Trinajstić information content (AvgIpc) is 3.46. The summed E-state index contributed by atoms with van der Waals surface area (Å²) >= 11 is 1.55. The normalized spacial score (nSPS) is 19.6. The molecule has 10 heteroatoms. The van der Waals surface area contributed by atoms with Crippen molar-refractivity contribution in [3.05, 3.63) is 102 Å². The summed E-state index contributed by atoms with van der Waals surface area (Å²) in [5, 5.41) is 19.8. The SMILES string of the molecule is O=C(Nc1ccc([C@H]2O[C@@H](CSc3ncn[nH]3)C[C@@H](c3ccc(CO)cc3)O2)cc1)c1cccnc1. The van der Waals surface area contributed by atoms with E-state index in [1.807, 2.05) is 48.5 Å². The van der Waals surface area contributed by atoms with Crippen LogP contribution < -0.4 is 5.32 Å². The van der Waals surface area contributed by atoms with Crippen molar-refractivity contribution < 1.29 is 19.4 Å². The molecule has 3 heterocycles. The first-order chi connectivity index (χ1) is 17.7. The molecule has 1 aliphatic heterocycles. The number of amides is 1. The number of aromatic amines is 1. The smallest absolute Gasteiger partial charge is 0.257 e. The third kappa shape index (κ3) is 5.97. The number of aromatic nitrogens is 4. The van der Waals surface area contributed by atoms with Gasteiger partial charge in [-0.2, -0.15) is 5.10 Å². The second-order valence-corrected chi connectivity index (χ2v) is 9.28. The van der Waals surface area contributed by atoms with Gasteiger partial charge in [-0.1, -0.05) is 48.2 Å². The molecule has 9 nitrogen and oxygen atoms in total. The Morgan fingerprint density at radius 2 is 1.89 bits per heavy atom. The third-order valence-corrected chi connectivity index (χ3v) is 6.79. The van der Waals surface area contributed by atoms with Crippen LogP contribution >= 0.6 is 11.8 Å². The molecule has 1 amide bonds. The zero-order valence-corrected chi connectivity index (χ0v) is 20.1. The molecule has 1 aliphatic rings. The van der Waals surface area contributed by atoms with Crippen LogP contribution in [0.2, 0.25) is 0 Å². The van der Waals surface area contributed by atoms with Gasteiger partial charge in [-0.25, -0.2) is 4.98 Å². The predicted molar refractivity (Wildman–Crippen MR) is 134 cm³/mol. The number of H-pyrrole nitrogens is 1. The predicted octanol–water partition coefficient (Wildman–Crippen LogP) is 4.28. The fraction of sp³-hybridized carbons (Fsp3) is 0.231. The number of nitrogens with zero attached hydrogens (tertiary/aromatic N) is 3. The van der Waals surface area contributed by atoms with E-state index in [0.29, 0.717) is 23.4 Å². The molecule has 1 saturated heterocycles. The summed E-state index contributed by atoms with van der Waals surface area (Å²) in [7, 11) is 0. The highest BCUT2D eigenvalue weighted by molar-refractivity contribution is 7.99. The molecule has 0 aliphatic carbocycles. The van der Waals surface area contributed by atoms with Gasteiger partial charge in [-0.3, -0.25) is 14.9 Å². The summed E-state index contributed by atoms with van der Waals surface area (Å²) in [6.07, 6.45) is 4.46. The molecule has 184 valence electrons. The molecule has 0 unspecified atom stereocenters. The van der Waals surface area contributed by atoms with Crippen molar-refractivity contribution in [2.45, 2.75) is 36.7 Å². The summed E-state index contributed by atoms with van der Waals surface area (Å²) < 4.78 is 12.7. The summed E-state index contributed by atoms with van der Waals surface area (Å²) in [4.78, 5) is 20.6. The molecule has 5 rings (SSSR count). The number of pyridine rings is 1. The number of benzene rings is 2. The van der Waals surface area contributed by atoms with Crippen molar-refractivity contribution in [1.82, 2.24) is 20.2 Å². The number of carbonyl (C=O) groups excluding carboxylic acids is 1. The highest BCUT2D eigenvalue weighted by Crippen LogP contribution is 2.39. The largest absolute Gasteiger partial charge is 0.392 e. The van der Waals surface area contributed by atoms with E-state index in [2.05, 4.69) is 25.5 Å². The molecule has 2 aromatic heterocycles. The summed E-state index contributed by atoms with van der Waals surface area (Å²) in [6, 6.07) is 18.6. The van der Waals surface area contributed by atoms with Gasteiger partial charge in [-0.15, -0.1) is 0 Å². The molecule has 4 aromatic rings. The van der Waals surface area contributed by atoms with E-state index in [1.54, 1.807) is 30.1 Å². The van der Waals surface area contributed by atoms with Gasteiger partial charge in [0.05, 0.1) is 24.4 Å². The van der Waals surface area contributed by atoms with Crippen LogP contribution in [-0.4, -0.2) is 43.0 Å². The minimum atomic E-state index is -0.579. The number of aliphatic hydroxyl groups excluding tert-OH is 1. The number of rotatable bonds is 8. The van der Waals surface area contributed by atoms with E-state index in [1.165, 1.54) is 12.5 Å². The lowest BCUT2D eigenvalue weighted by Gasteiger charge is -2.36. The molecular formula is C26H25N5O4S. The highest BCUT2D eigenvalue weighted by atomic mass is 32.2. The Kier molecular flexibility index (Phi) is 7.67. The minimum Gasteiger partial charge on any atom is -0.392 e. The maximum Gasteiger partial charge on any atom is 0.257 e. The molecule has 0 spiro atoms. The van der Waals surface area contributed by atoms with Crippen LogP contribution in [0.25, 0.3) is 0 Å². The number of thioether (sulfide) groups is 1. The van der Waals surface area contributed by atoms with E-state index < -0.39 is 6.29 Å². The van der Waals surface area contributed by atoms with Crippen LogP contribution in [0.1, 0.15) is 45.9 Å². The van der Waals surface area contributed by atoms with Gasteiger partial charge in [0, 0.05) is 35.8 Å². The second kappa shape index (κ2) is 11.4. The molecule has 0 bridgehead atoms. The second-order valence-electron chi connectivity index (χ2n) is 8.27. The molecule has 36 heavy (non-hydrogen) atoms. The maximum atomic E-state index is 12.4. The lowest BCUT2D eigenvalue weighted by Crippen LogP contribution is -2.31. The lowest BCUT2D eigenvalue weighted by molar-refractivity contribution is -0.245. The van der Waals surface area contributed by atoms with Crippen molar-refractivity contribution in [3.8, 4) is 0 Å². The third-order valence-electron chi connectivity index (χ3n) is 5.78. The Hall–Kier alpha value is -3.57. The van der Waals surface area contributed by atoms with Crippen molar-refractivity contribution in [3.63, 3.8) is 0 Å². The first-order valence-corrected chi connectivity index (χ1v) is 12.5. The van der Waals surface area contributed by atoms with Gasteiger partial charge in [0.1, 0.15) is 6.33 Å². The van der Waals surface area contributed by atoms with Gasteiger partial charge in [-0.05, 0) is 35.4 Å². The van der Waals surface area contributed by atoms with Crippen LogP contribution in [0.5, 0.6) is 0 Å². The Morgan fingerprint density at radius 1 is 1.08 bits per heavy atom. The number of carbonyl (C=O) groups is 1. The molecule has 0 radical (unpaired) electrons. The number of hydrogen-bond donors (Lipinski definition) is 3. The first kappa shape index (κ1) is 24.1. The van der Waals surface area contributed by atoms with Gasteiger partial charge < -0.3 is 19.9 Å². The molecular weight excluding hydrogens is 478 g/mol. The molecule has 3 N–H and O–H groups in total. The Morgan fingerprint density at radius 3 is 2.58 bits per heavy atom. The maximum absolute atomic E-state index is 12.4. The highest BCUT2D eigenvalue weighted by Gasteiger charge is 2.32. The van der Waals surface area contributed by atoms with E-state index >= 15 is 0 Å². The average molecular weight is 504 g/mol. The Labute approximate surface area is 212 Å². The Balaban J connectivity index is 1.30. The molecule has 1 fully saturated rings. The van der Waals surface area contributed by atoms with E-state index in [9.17, 15) is 9.90 Å². The van der Waals surface area contributed by atoms with Crippen LogP contribution in [0.4, 0.5) is 5.69 Å². The van der Waals surface area contributed by atoms with Gasteiger partial charge in [0.15, 0.2) is 11.4 Å².